The van der Waals surface area contributed by atoms with Gasteiger partial charge in [0.15, 0.2) is 0 Å². The highest BCUT2D eigenvalue weighted by molar-refractivity contribution is 5.81. The van der Waals surface area contributed by atoms with Gasteiger partial charge in [0.1, 0.15) is 0 Å². The lowest BCUT2D eigenvalue weighted by molar-refractivity contribution is -0.122. The number of rotatable bonds is 5. The van der Waals surface area contributed by atoms with Crippen molar-refractivity contribution in [2.24, 2.45) is 18.7 Å². The number of hydrogen-bond acceptors (Lipinski definition) is 3. The molecule has 0 aliphatic carbocycles. The third kappa shape index (κ3) is 3.85. The zero-order chi connectivity index (χ0) is 13.0. The van der Waals surface area contributed by atoms with E-state index in [4.69, 9.17) is 5.73 Å². The Morgan fingerprint density at radius 3 is 2.71 bits per heavy atom. The van der Waals surface area contributed by atoms with E-state index in [1.54, 1.807) is 10.9 Å². The molecule has 96 valence electrons. The second kappa shape index (κ2) is 5.82. The molecular formula is C12H22N4O. The third-order valence-electron chi connectivity index (χ3n) is 2.85. The highest BCUT2D eigenvalue weighted by atomic mass is 16.2. The van der Waals surface area contributed by atoms with Crippen LogP contribution in [0.4, 0.5) is 0 Å². The van der Waals surface area contributed by atoms with Gasteiger partial charge in [0.05, 0.1) is 12.2 Å². The zero-order valence-electron chi connectivity index (χ0n) is 11.0. The summed E-state index contributed by atoms with van der Waals surface area (Å²) in [6, 6.07) is -0.424. The van der Waals surface area contributed by atoms with Crippen LogP contribution < -0.4 is 11.1 Å². The fourth-order valence-electron chi connectivity index (χ4n) is 1.65. The Morgan fingerprint density at radius 1 is 1.59 bits per heavy atom. The van der Waals surface area contributed by atoms with Gasteiger partial charge in [-0.1, -0.05) is 13.8 Å². The van der Waals surface area contributed by atoms with E-state index in [-0.39, 0.29) is 5.91 Å². The van der Waals surface area contributed by atoms with Crippen LogP contribution in [0.25, 0.3) is 0 Å². The molecule has 3 N–H and O–H groups in total. The Morgan fingerprint density at radius 2 is 2.24 bits per heavy atom. The highest BCUT2D eigenvalue weighted by Gasteiger charge is 2.15. The molecule has 0 aromatic carbocycles. The lowest BCUT2D eigenvalue weighted by Crippen LogP contribution is -2.41. The number of nitrogens with two attached hydrogens (primary N) is 1. The number of nitrogens with one attached hydrogen (secondary N) is 1. The summed E-state index contributed by atoms with van der Waals surface area (Å²) < 4.78 is 1.79. The summed E-state index contributed by atoms with van der Waals surface area (Å²) in [5, 5.41) is 6.96. The third-order valence-corrected chi connectivity index (χ3v) is 2.85. The second-order valence-corrected chi connectivity index (χ2v) is 4.83. The van der Waals surface area contributed by atoms with Crippen molar-refractivity contribution < 1.29 is 4.79 Å². The van der Waals surface area contributed by atoms with Crippen LogP contribution in [0.2, 0.25) is 0 Å². The molecule has 0 saturated heterocycles. The van der Waals surface area contributed by atoms with Crippen molar-refractivity contribution in [3.63, 3.8) is 0 Å². The van der Waals surface area contributed by atoms with Gasteiger partial charge in [0, 0.05) is 24.8 Å². The van der Waals surface area contributed by atoms with Crippen LogP contribution in [0, 0.1) is 12.8 Å². The topological polar surface area (TPSA) is 72.9 Å². The van der Waals surface area contributed by atoms with Crippen molar-refractivity contribution in [2.75, 3.05) is 0 Å². The van der Waals surface area contributed by atoms with E-state index < -0.39 is 6.04 Å². The molecule has 0 aliphatic heterocycles. The van der Waals surface area contributed by atoms with Crippen LogP contribution in [-0.2, 0) is 18.4 Å². The minimum Gasteiger partial charge on any atom is -0.351 e. The van der Waals surface area contributed by atoms with Gasteiger partial charge < -0.3 is 11.1 Å². The first-order valence-corrected chi connectivity index (χ1v) is 5.92. The van der Waals surface area contributed by atoms with Gasteiger partial charge in [-0.05, 0) is 19.3 Å². The van der Waals surface area contributed by atoms with Crippen LogP contribution in [0.15, 0.2) is 6.20 Å². The lowest BCUT2D eigenvalue weighted by Gasteiger charge is -2.13. The second-order valence-electron chi connectivity index (χ2n) is 4.83. The summed E-state index contributed by atoms with van der Waals surface area (Å²) in [6.07, 6.45) is 2.47. The monoisotopic (exact) mass is 238 g/mol. The van der Waals surface area contributed by atoms with Crippen LogP contribution in [0.1, 0.15) is 31.5 Å². The number of amides is 1. The Kier molecular flexibility index (Phi) is 4.69. The maximum Gasteiger partial charge on any atom is 0.237 e. The molecule has 17 heavy (non-hydrogen) atoms. The van der Waals surface area contributed by atoms with E-state index in [0.29, 0.717) is 18.9 Å². The lowest BCUT2D eigenvalue weighted by atomic mass is 10.0. The van der Waals surface area contributed by atoms with E-state index >= 15 is 0 Å². The Bertz CT molecular complexity index is 384. The van der Waals surface area contributed by atoms with Crippen LogP contribution in [0.5, 0.6) is 0 Å². The van der Waals surface area contributed by atoms with Gasteiger partial charge >= 0.3 is 0 Å². The Labute approximate surface area is 102 Å². The average Bonchev–Trinajstić information content (AvgIpc) is 2.55. The number of carbonyl (C=O) groups excluding carboxylic acids is 1. The SMILES string of the molecule is Cc1c(CNC(=O)C(N)CC(C)C)cnn1C. The quantitative estimate of drug-likeness (QED) is 0.794. The molecular weight excluding hydrogens is 216 g/mol. The van der Waals surface area contributed by atoms with Gasteiger partial charge in [-0.2, -0.15) is 5.10 Å². The average molecular weight is 238 g/mol. The van der Waals surface area contributed by atoms with Crippen molar-refractivity contribution in [3.8, 4) is 0 Å². The Balaban J connectivity index is 2.45. The van der Waals surface area contributed by atoms with Crippen molar-refractivity contribution in [3.05, 3.63) is 17.5 Å². The predicted octanol–water partition coefficient (Wildman–Crippen LogP) is 0.718. The van der Waals surface area contributed by atoms with Gasteiger partial charge in [0.2, 0.25) is 5.91 Å². The first-order valence-electron chi connectivity index (χ1n) is 5.92. The minimum atomic E-state index is -0.424. The predicted molar refractivity (Wildman–Crippen MR) is 67.2 cm³/mol. The molecule has 1 heterocycles. The van der Waals surface area contributed by atoms with E-state index in [1.165, 1.54) is 0 Å². The van der Waals surface area contributed by atoms with Crippen LogP contribution in [0.3, 0.4) is 0 Å². The fraction of sp³-hybridized carbons (Fsp3) is 0.667. The zero-order valence-corrected chi connectivity index (χ0v) is 11.0. The van der Waals surface area contributed by atoms with Gasteiger partial charge in [-0.3, -0.25) is 9.48 Å². The standard InChI is InChI=1S/C12H22N4O/c1-8(2)5-11(13)12(17)14-6-10-7-15-16(4)9(10)3/h7-8,11H,5-6,13H2,1-4H3,(H,14,17). The molecule has 1 aromatic rings. The summed E-state index contributed by atoms with van der Waals surface area (Å²) in [6.45, 7) is 6.57. The van der Waals surface area contributed by atoms with Gasteiger partial charge in [-0.25, -0.2) is 0 Å². The van der Waals surface area contributed by atoms with E-state index in [9.17, 15) is 4.79 Å². The molecule has 1 unspecified atom stereocenters. The normalized spacial score (nSPS) is 12.8. The van der Waals surface area contributed by atoms with Crippen molar-refractivity contribution in [1.82, 2.24) is 15.1 Å². The van der Waals surface area contributed by atoms with Crippen molar-refractivity contribution in [2.45, 2.75) is 39.8 Å². The molecule has 1 rings (SSSR count). The minimum absolute atomic E-state index is 0.0954. The molecule has 0 bridgehead atoms. The maximum absolute atomic E-state index is 11.7. The van der Waals surface area contributed by atoms with Gasteiger partial charge in [0.25, 0.3) is 0 Å². The molecule has 1 amide bonds. The van der Waals surface area contributed by atoms with Gasteiger partial charge in [-0.15, -0.1) is 0 Å². The summed E-state index contributed by atoms with van der Waals surface area (Å²) >= 11 is 0. The van der Waals surface area contributed by atoms with E-state index in [0.717, 1.165) is 11.3 Å². The van der Waals surface area contributed by atoms with Crippen molar-refractivity contribution >= 4 is 5.91 Å². The number of hydrogen-bond donors (Lipinski definition) is 2. The maximum atomic E-state index is 11.7. The van der Waals surface area contributed by atoms with E-state index in [2.05, 4.69) is 24.3 Å². The molecule has 1 aromatic heterocycles. The number of aromatic nitrogens is 2. The van der Waals surface area contributed by atoms with Crippen LogP contribution >= 0.6 is 0 Å². The molecule has 0 aliphatic rings. The first kappa shape index (κ1) is 13.7. The number of carbonyl (C=O) groups is 1. The molecule has 0 fully saturated rings. The largest absolute Gasteiger partial charge is 0.351 e. The molecule has 5 heteroatoms. The molecule has 0 spiro atoms. The summed E-state index contributed by atoms with van der Waals surface area (Å²) in [5.41, 5.74) is 7.88. The fourth-order valence-corrected chi connectivity index (χ4v) is 1.65. The molecule has 5 nitrogen and oxygen atoms in total. The van der Waals surface area contributed by atoms with E-state index in [1.807, 2.05) is 14.0 Å². The summed E-state index contributed by atoms with van der Waals surface area (Å²) in [5.74, 6) is 0.331. The van der Waals surface area contributed by atoms with Crippen LogP contribution in [-0.4, -0.2) is 21.7 Å². The summed E-state index contributed by atoms with van der Waals surface area (Å²) in [7, 11) is 1.88. The highest BCUT2D eigenvalue weighted by Crippen LogP contribution is 2.06. The van der Waals surface area contributed by atoms with Crippen molar-refractivity contribution in [1.29, 1.82) is 0 Å². The molecule has 0 radical (unpaired) electrons. The molecule has 0 saturated carbocycles. The molecule has 1 atom stereocenters. The first-order chi connectivity index (χ1) is 7.91. The summed E-state index contributed by atoms with van der Waals surface area (Å²) in [4.78, 5) is 11.7. The number of aryl methyl sites for hydroxylation is 1. The smallest absolute Gasteiger partial charge is 0.237 e. The Hall–Kier alpha value is -1.36. The number of nitrogens with zero attached hydrogens (tertiary/aromatic N) is 2.